The zero-order chi connectivity index (χ0) is 17.5. The maximum absolute atomic E-state index is 3.25. The summed E-state index contributed by atoms with van der Waals surface area (Å²) in [6.45, 7) is 8.44. The highest BCUT2D eigenvalue weighted by atomic mass is 14.9. The lowest BCUT2D eigenvalue weighted by molar-refractivity contribution is 0.954. The van der Waals surface area contributed by atoms with E-state index < -0.39 is 0 Å². The second-order valence-corrected chi connectivity index (χ2v) is 6.32. The van der Waals surface area contributed by atoms with Gasteiger partial charge in [-0.25, -0.2) is 0 Å². The fourth-order valence-corrected chi connectivity index (χ4v) is 2.66. The molecule has 0 aliphatic carbocycles. The third-order valence-corrected chi connectivity index (χ3v) is 4.02. The molecule has 0 spiro atoms. The number of rotatable bonds is 3. The lowest BCUT2D eigenvalue weighted by Crippen LogP contribution is -1.90. The van der Waals surface area contributed by atoms with Crippen LogP contribution in [0.5, 0.6) is 0 Å². The molecule has 0 aliphatic rings. The molecule has 0 aliphatic heterocycles. The second-order valence-electron chi connectivity index (χ2n) is 6.32. The van der Waals surface area contributed by atoms with Crippen LogP contribution in [0.4, 0.5) is 5.69 Å². The summed E-state index contributed by atoms with van der Waals surface area (Å²) < 4.78 is 2.19. The Morgan fingerprint density at radius 2 is 1.71 bits per heavy atom. The number of aromatic nitrogens is 1. The van der Waals surface area contributed by atoms with Gasteiger partial charge >= 0.3 is 0 Å². The lowest BCUT2D eigenvalue weighted by Gasteiger charge is -2.04. The first-order chi connectivity index (χ1) is 11.5. The lowest BCUT2D eigenvalue weighted by atomic mass is 10.1. The summed E-state index contributed by atoms with van der Waals surface area (Å²) in [5.41, 5.74) is 6.49. The Kier molecular flexibility index (Phi) is 6.25. The summed E-state index contributed by atoms with van der Waals surface area (Å²) in [5.74, 6) is 0. The highest BCUT2D eigenvalue weighted by molar-refractivity contribution is 5.83. The molecule has 2 nitrogen and oxygen atoms in total. The van der Waals surface area contributed by atoms with E-state index in [4.69, 9.17) is 0 Å². The number of anilines is 1. The van der Waals surface area contributed by atoms with Gasteiger partial charge in [0.05, 0.1) is 0 Å². The Morgan fingerprint density at radius 1 is 1.04 bits per heavy atom. The van der Waals surface area contributed by atoms with Gasteiger partial charge in [-0.05, 0) is 56.7 Å². The van der Waals surface area contributed by atoms with Gasteiger partial charge in [0.15, 0.2) is 0 Å². The van der Waals surface area contributed by atoms with E-state index in [9.17, 15) is 0 Å². The van der Waals surface area contributed by atoms with Crippen LogP contribution in [0.25, 0.3) is 10.9 Å². The highest BCUT2D eigenvalue weighted by Crippen LogP contribution is 2.20. The molecule has 0 amide bonds. The number of para-hydroxylation sites is 2. The topological polar surface area (TPSA) is 17.0 Å². The average molecular weight is 320 g/mol. The van der Waals surface area contributed by atoms with Gasteiger partial charge in [-0.2, -0.15) is 0 Å². The molecular weight excluding hydrogens is 292 g/mol. The quantitative estimate of drug-likeness (QED) is 0.619. The Morgan fingerprint density at radius 3 is 2.38 bits per heavy atom. The summed E-state index contributed by atoms with van der Waals surface area (Å²) in [7, 11) is 2.10. The van der Waals surface area contributed by atoms with Crippen molar-refractivity contribution >= 4 is 16.6 Å². The van der Waals surface area contributed by atoms with Crippen LogP contribution in [0.2, 0.25) is 0 Å². The van der Waals surface area contributed by atoms with Crippen molar-refractivity contribution in [2.24, 2.45) is 7.05 Å². The fraction of sp³-hybridized carbons (Fsp3) is 0.273. The molecule has 2 heteroatoms. The van der Waals surface area contributed by atoms with E-state index in [0.29, 0.717) is 0 Å². The SMILES string of the molecule is CC(C)=CNc1ccccc1C.CCc1cn(C)c2ccccc12. The summed E-state index contributed by atoms with van der Waals surface area (Å²) in [6, 6.07) is 16.8. The molecule has 1 heterocycles. The number of nitrogens with zero attached hydrogens (tertiary/aromatic N) is 1. The predicted molar refractivity (Wildman–Crippen MR) is 107 cm³/mol. The monoisotopic (exact) mass is 320 g/mol. The molecule has 3 aromatic rings. The number of hydrogen-bond donors (Lipinski definition) is 1. The number of hydrogen-bond acceptors (Lipinski definition) is 1. The summed E-state index contributed by atoms with van der Waals surface area (Å²) in [4.78, 5) is 0. The molecule has 0 bridgehead atoms. The van der Waals surface area contributed by atoms with Gasteiger partial charge in [0.1, 0.15) is 0 Å². The zero-order valence-electron chi connectivity index (χ0n) is 15.4. The molecule has 0 unspecified atom stereocenters. The summed E-state index contributed by atoms with van der Waals surface area (Å²) in [6.07, 6.45) is 5.34. The minimum atomic E-state index is 1.11. The van der Waals surface area contributed by atoms with Crippen molar-refractivity contribution in [2.45, 2.75) is 34.1 Å². The molecule has 126 valence electrons. The molecule has 2 aromatic carbocycles. The largest absolute Gasteiger partial charge is 0.362 e. The maximum atomic E-state index is 3.25. The fourth-order valence-electron chi connectivity index (χ4n) is 2.66. The number of aryl methyl sites for hydroxylation is 3. The van der Waals surface area contributed by atoms with Gasteiger partial charge in [0, 0.05) is 29.8 Å². The van der Waals surface area contributed by atoms with Crippen molar-refractivity contribution < 1.29 is 0 Å². The van der Waals surface area contributed by atoms with Crippen molar-refractivity contribution in [1.82, 2.24) is 4.57 Å². The Labute approximate surface area is 145 Å². The molecule has 1 aromatic heterocycles. The third kappa shape index (κ3) is 4.51. The van der Waals surface area contributed by atoms with E-state index >= 15 is 0 Å². The van der Waals surface area contributed by atoms with Crippen molar-refractivity contribution in [1.29, 1.82) is 0 Å². The van der Waals surface area contributed by atoms with Crippen molar-refractivity contribution in [3.63, 3.8) is 0 Å². The smallest absolute Gasteiger partial charge is 0.0480 e. The number of allylic oxidation sites excluding steroid dienone is 1. The van der Waals surface area contributed by atoms with E-state index in [2.05, 4.69) is 87.2 Å². The molecule has 0 saturated carbocycles. The summed E-state index contributed by atoms with van der Waals surface area (Å²) >= 11 is 0. The molecule has 3 rings (SSSR count). The molecule has 0 saturated heterocycles. The van der Waals surface area contributed by atoms with Gasteiger partial charge in [-0.3, -0.25) is 0 Å². The predicted octanol–water partition coefficient (Wildman–Crippen LogP) is 6.07. The first-order valence-corrected chi connectivity index (χ1v) is 8.51. The first kappa shape index (κ1) is 17.9. The maximum Gasteiger partial charge on any atom is 0.0480 e. The van der Waals surface area contributed by atoms with E-state index in [0.717, 1.165) is 6.42 Å². The van der Waals surface area contributed by atoms with Crippen LogP contribution in [-0.4, -0.2) is 4.57 Å². The van der Waals surface area contributed by atoms with Gasteiger partial charge in [-0.15, -0.1) is 0 Å². The van der Waals surface area contributed by atoms with E-state index in [1.54, 1.807) is 0 Å². The van der Waals surface area contributed by atoms with Gasteiger partial charge < -0.3 is 9.88 Å². The van der Waals surface area contributed by atoms with Crippen molar-refractivity contribution in [3.05, 3.63) is 77.6 Å². The van der Waals surface area contributed by atoms with Crippen LogP contribution in [0, 0.1) is 6.92 Å². The van der Waals surface area contributed by atoms with Crippen LogP contribution in [0.1, 0.15) is 31.9 Å². The molecule has 0 atom stereocenters. The third-order valence-electron chi connectivity index (χ3n) is 4.02. The first-order valence-electron chi connectivity index (χ1n) is 8.51. The standard InChI is InChI=1S/C11H13N.C11H15N/c1-3-9-8-12(2)11-7-5-4-6-10(9)11;1-9(2)8-12-11-7-5-4-6-10(11)3/h4-8H,3H2,1-2H3;4-8,12H,1-3H3. The molecule has 0 radical (unpaired) electrons. The minimum Gasteiger partial charge on any atom is -0.362 e. The van der Waals surface area contributed by atoms with Crippen LogP contribution < -0.4 is 5.32 Å². The Balaban J connectivity index is 0.000000174. The van der Waals surface area contributed by atoms with Crippen LogP contribution >= 0.6 is 0 Å². The van der Waals surface area contributed by atoms with Crippen LogP contribution in [0.15, 0.2) is 66.5 Å². The van der Waals surface area contributed by atoms with Crippen LogP contribution in [-0.2, 0) is 13.5 Å². The molecule has 24 heavy (non-hydrogen) atoms. The number of benzene rings is 2. The van der Waals surface area contributed by atoms with E-state index in [1.807, 2.05) is 18.3 Å². The number of nitrogens with one attached hydrogen (secondary N) is 1. The second kappa shape index (κ2) is 8.39. The van der Waals surface area contributed by atoms with Gasteiger partial charge in [-0.1, -0.05) is 48.9 Å². The van der Waals surface area contributed by atoms with E-state index in [-0.39, 0.29) is 0 Å². The molecule has 0 fully saturated rings. The zero-order valence-corrected chi connectivity index (χ0v) is 15.4. The minimum absolute atomic E-state index is 1.11. The highest BCUT2D eigenvalue weighted by Gasteiger charge is 2.02. The Bertz CT molecular complexity index is 821. The molecular formula is C22H28N2. The van der Waals surface area contributed by atoms with Crippen LogP contribution in [0.3, 0.4) is 0 Å². The summed E-state index contributed by atoms with van der Waals surface area (Å²) in [5, 5.41) is 4.64. The van der Waals surface area contributed by atoms with E-state index in [1.165, 1.54) is 33.3 Å². The number of fused-ring (bicyclic) bond motifs is 1. The van der Waals surface area contributed by atoms with Gasteiger partial charge in [0.2, 0.25) is 0 Å². The van der Waals surface area contributed by atoms with Crippen molar-refractivity contribution in [3.8, 4) is 0 Å². The molecule has 1 N–H and O–H groups in total. The average Bonchev–Trinajstić information content (AvgIpc) is 2.91. The Hall–Kier alpha value is -2.48. The normalized spacial score (nSPS) is 10.0. The van der Waals surface area contributed by atoms with Gasteiger partial charge in [0.25, 0.3) is 0 Å². The van der Waals surface area contributed by atoms with Crippen molar-refractivity contribution in [2.75, 3.05) is 5.32 Å².